The second-order valence-corrected chi connectivity index (χ2v) is 9.16. The number of hydrogen-bond acceptors (Lipinski definition) is 7. The zero-order valence-electron chi connectivity index (χ0n) is 19.4. The molecule has 1 aliphatic rings. The minimum absolute atomic E-state index is 0.0512. The van der Waals surface area contributed by atoms with Crippen LogP contribution in [-0.4, -0.2) is 67.1 Å². The van der Waals surface area contributed by atoms with Crippen LogP contribution in [0.2, 0.25) is 0 Å². The summed E-state index contributed by atoms with van der Waals surface area (Å²) in [5.41, 5.74) is 6.08. The van der Waals surface area contributed by atoms with Crippen molar-refractivity contribution in [1.29, 1.82) is 0 Å². The first-order valence-corrected chi connectivity index (χ1v) is 11.4. The van der Waals surface area contributed by atoms with E-state index in [1.165, 1.54) is 28.8 Å². The van der Waals surface area contributed by atoms with Crippen LogP contribution in [-0.2, 0) is 0 Å². The van der Waals surface area contributed by atoms with Crippen LogP contribution < -0.4 is 10.5 Å². The van der Waals surface area contributed by atoms with Gasteiger partial charge in [-0.3, -0.25) is 9.30 Å². The number of para-hydroxylation sites is 1. The number of pyridine rings is 2. The van der Waals surface area contributed by atoms with Crippen LogP contribution in [0, 0.1) is 5.82 Å². The molecule has 190 valence electrons. The van der Waals surface area contributed by atoms with Gasteiger partial charge in [-0.2, -0.15) is 13.2 Å². The molecule has 5 rings (SSSR count). The van der Waals surface area contributed by atoms with Gasteiger partial charge in [0.1, 0.15) is 23.0 Å². The number of nitrogens with two attached hydrogens (primary N) is 1. The largest absolute Gasteiger partial charge is 0.489 e. The second kappa shape index (κ2) is 8.95. The molecule has 36 heavy (non-hydrogen) atoms. The monoisotopic (exact) mass is 504 g/mol. The standard InChI is InChI=1S/C24H24F4N6O2/c1-12(2)36-18-5-3-4-13-8-15(25)21(30-20(13)18)23-32-31-19-7-6-14(9-34(19)23)22(24(26,27)28)33-10-16(29)17(35)11-33/h3-9,12,16-17,22,35H,10-11,29H2,1-2H3/t16-,17-,22-/m1/s1. The molecule has 0 bridgehead atoms. The molecule has 0 radical (unpaired) electrons. The van der Waals surface area contributed by atoms with Crippen molar-refractivity contribution in [3.8, 4) is 17.3 Å². The van der Waals surface area contributed by atoms with Crippen LogP contribution in [0.3, 0.4) is 0 Å². The van der Waals surface area contributed by atoms with E-state index in [4.69, 9.17) is 10.5 Å². The highest BCUT2D eigenvalue weighted by Gasteiger charge is 2.48. The number of aliphatic hydroxyl groups excluding tert-OH is 1. The first kappa shape index (κ1) is 24.3. The number of likely N-dealkylation sites (tertiary alicyclic amines) is 1. The number of rotatable bonds is 5. The zero-order valence-corrected chi connectivity index (χ0v) is 19.4. The normalized spacial score (nSPS) is 20.0. The van der Waals surface area contributed by atoms with Crippen molar-refractivity contribution in [2.45, 2.75) is 44.3 Å². The Morgan fingerprint density at radius 3 is 2.58 bits per heavy atom. The fourth-order valence-corrected chi connectivity index (χ4v) is 4.54. The number of benzene rings is 1. The molecule has 3 aromatic heterocycles. The summed E-state index contributed by atoms with van der Waals surface area (Å²) >= 11 is 0. The van der Waals surface area contributed by atoms with Gasteiger partial charge < -0.3 is 15.6 Å². The summed E-state index contributed by atoms with van der Waals surface area (Å²) in [4.78, 5) is 5.52. The van der Waals surface area contributed by atoms with Crippen molar-refractivity contribution >= 4 is 16.6 Å². The molecule has 1 aliphatic heterocycles. The van der Waals surface area contributed by atoms with E-state index in [0.717, 1.165) is 4.90 Å². The number of alkyl halides is 3. The van der Waals surface area contributed by atoms with Gasteiger partial charge in [0.25, 0.3) is 0 Å². The fraction of sp³-hybridized carbons (Fsp3) is 0.375. The molecule has 4 aromatic rings. The summed E-state index contributed by atoms with van der Waals surface area (Å²) in [6, 6.07) is 6.25. The summed E-state index contributed by atoms with van der Waals surface area (Å²) in [5.74, 6) is -0.311. The minimum atomic E-state index is -4.65. The number of hydrogen-bond donors (Lipinski definition) is 2. The lowest BCUT2D eigenvalue weighted by atomic mass is 10.1. The number of fused-ring (bicyclic) bond motifs is 2. The van der Waals surface area contributed by atoms with Gasteiger partial charge in [-0.1, -0.05) is 18.2 Å². The third-order valence-corrected chi connectivity index (χ3v) is 6.11. The molecule has 1 saturated heterocycles. The maximum absolute atomic E-state index is 15.2. The number of aromatic nitrogens is 4. The lowest BCUT2D eigenvalue weighted by molar-refractivity contribution is -0.184. The van der Waals surface area contributed by atoms with E-state index in [1.54, 1.807) is 18.2 Å². The van der Waals surface area contributed by atoms with Gasteiger partial charge in [0.05, 0.1) is 12.2 Å². The highest BCUT2D eigenvalue weighted by atomic mass is 19.4. The molecular weight excluding hydrogens is 480 g/mol. The predicted octanol–water partition coefficient (Wildman–Crippen LogP) is 3.48. The Kier molecular flexibility index (Phi) is 6.05. The van der Waals surface area contributed by atoms with E-state index in [2.05, 4.69) is 15.2 Å². The van der Waals surface area contributed by atoms with Crippen molar-refractivity contribution in [1.82, 2.24) is 24.5 Å². The van der Waals surface area contributed by atoms with E-state index in [9.17, 15) is 18.3 Å². The summed E-state index contributed by atoms with van der Waals surface area (Å²) in [6.07, 6.45) is -4.65. The third-order valence-electron chi connectivity index (χ3n) is 6.11. The van der Waals surface area contributed by atoms with Gasteiger partial charge in [-0.15, -0.1) is 10.2 Å². The van der Waals surface area contributed by atoms with E-state index >= 15 is 4.39 Å². The average molecular weight is 504 g/mol. The van der Waals surface area contributed by atoms with Gasteiger partial charge in [0.15, 0.2) is 17.3 Å². The van der Waals surface area contributed by atoms with Crippen LogP contribution in [0.1, 0.15) is 25.5 Å². The smallest absolute Gasteiger partial charge is 0.408 e. The number of nitrogens with zero attached hydrogens (tertiary/aromatic N) is 5. The topological polar surface area (TPSA) is 102 Å². The van der Waals surface area contributed by atoms with Gasteiger partial charge in [0, 0.05) is 30.7 Å². The van der Waals surface area contributed by atoms with Crippen molar-refractivity contribution in [3.63, 3.8) is 0 Å². The van der Waals surface area contributed by atoms with Gasteiger partial charge in [-0.05, 0) is 37.6 Å². The van der Waals surface area contributed by atoms with Crippen LogP contribution >= 0.6 is 0 Å². The quantitative estimate of drug-likeness (QED) is 0.401. The first-order valence-electron chi connectivity index (χ1n) is 11.4. The summed E-state index contributed by atoms with van der Waals surface area (Å²) in [6.45, 7) is 3.34. The summed E-state index contributed by atoms with van der Waals surface area (Å²) in [5, 5.41) is 18.5. The molecule has 12 heteroatoms. The Hall–Kier alpha value is -3.35. The van der Waals surface area contributed by atoms with E-state index < -0.39 is 30.2 Å². The number of aliphatic hydroxyl groups is 1. The maximum Gasteiger partial charge on any atom is 0.408 e. The summed E-state index contributed by atoms with van der Waals surface area (Å²) in [7, 11) is 0. The predicted molar refractivity (Wildman–Crippen MR) is 124 cm³/mol. The highest BCUT2D eigenvalue weighted by Crippen LogP contribution is 2.40. The van der Waals surface area contributed by atoms with Crippen molar-refractivity contribution in [2.75, 3.05) is 13.1 Å². The Morgan fingerprint density at radius 1 is 1.14 bits per heavy atom. The molecule has 0 amide bonds. The van der Waals surface area contributed by atoms with E-state index in [1.807, 2.05) is 13.8 Å². The number of β-amino-alcohol motifs (C(OH)–C–C–N with tert-alkyl or cyclic N) is 1. The van der Waals surface area contributed by atoms with Crippen molar-refractivity contribution in [3.05, 3.63) is 54.0 Å². The first-order chi connectivity index (χ1) is 17.0. The average Bonchev–Trinajstić information content (AvgIpc) is 3.34. The molecule has 1 fully saturated rings. The van der Waals surface area contributed by atoms with E-state index in [0.29, 0.717) is 16.7 Å². The molecular formula is C24H24F4N6O2. The molecule has 3 atom stereocenters. The maximum atomic E-state index is 15.2. The Labute approximate surface area is 203 Å². The van der Waals surface area contributed by atoms with E-state index in [-0.39, 0.29) is 41.9 Å². The van der Waals surface area contributed by atoms with Crippen LogP contribution in [0.4, 0.5) is 17.6 Å². The molecule has 0 saturated carbocycles. The van der Waals surface area contributed by atoms with Crippen LogP contribution in [0.15, 0.2) is 42.6 Å². The lowest BCUT2D eigenvalue weighted by Gasteiger charge is -2.29. The second-order valence-electron chi connectivity index (χ2n) is 9.16. The molecule has 4 heterocycles. The number of halogens is 4. The SMILES string of the molecule is CC(C)Oc1cccc2cc(F)c(-c3nnc4ccc([C@@H](N5C[C@@H](N)[C@H](O)C5)C(F)(F)F)cn34)nc12. The molecule has 0 spiro atoms. The zero-order chi connectivity index (χ0) is 25.8. The summed E-state index contributed by atoms with van der Waals surface area (Å²) < 4.78 is 64.7. The van der Waals surface area contributed by atoms with Crippen molar-refractivity contribution < 1.29 is 27.4 Å². The van der Waals surface area contributed by atoms with Gasteiger partial charge >= 0.3 is 6.18 Å². The van der Waals surface area contributed by atoms with Crippen LogP contribution in [0.25, 0.3) is 28.1 Å². The Morgan fingerprint density at radius 2 is 1.92 bits per heavy atom. The fourth-order valence-electron chi connectivity index (χ4n) is 4.54. The molecule has 8 nitrogen and oxygen atoms in total. The Bertz CT molecular complexity index is 1410. The highest BCUT2D eigenvalue weighted by molar-refractivity contribution is 5.86. The Balaban J connectivity index is 1.63. The van der Waals surface area contributed by atoms with Crippen LogP contribution in [0.5, 0.6) is 5.75 Å². The lowest BCUT2D eigenvalue weighted by Crippen LogP contribution is -2.38. The molecule has 1 aromatic carbocycles. The molecule has 0 unspecified atom stereocenters. The number of ether oxygens (including phenoxy) is 1. The molecule has 3 N–H and O–H groups in total. The van der Waals surface area contributed by atoms with Gasteiger partial charge in [0.2, 0.25) is 0 Å². The third kappa shape index (κ3) is 4.36. The minimum Gasteiger partial charge on any atom is -0.489 e. The van der Waals surface area contributed by atoms with Crippen molar-refractivity contribution in [2.24, 2.45) is 5.73 Å². The van der Waals surface area contributed by atoms with Gasteiger partial charge in [-0.25, -0.2) is 9.37 Å². The molecule has 0 aliphatic carbocycles.